The van der Waals surface area contributed by atoms with Crippen LogP contribution in [0.15, 0.2) is 0 Å². The summed E-state index contributed by atoms with van der Waals surface area (Å²) in [5, 5.41) is 84.6. The molecule has 0 heterocycles. The molecule has 0 aliphatic carbocycles. The van der Waals surface area contributed by atoms with E-state index in [2.05, 4.69) is 0 Å². The summed E-state index contributed by atoms with van der Waals surface area (Å²) < 4.78 is 0. The molecule has 0 aliphatic rings. The second-order valence-corrected chi connectivity index (χ2v) is 9.92. The molecule has 0 saturated carbocycles. The van der Waals surface area contributed by atoms with Gasteiger partial charge in [-0.05, 0) is 109 Å². The first-order chi connectivity index (χ1) is 16.0. The molecule has 0 amide bonds. The van der Waals surface area contributed by atoms with Gasteiger partial charge in [0.2, 0.25) is 0 Å². The fraction of sp³-hybridized carbons (Fsp3) is 1.00. The van der Waals surface area contributed by atoms with Crippen molar-refractivity contribution < 1.29 is 84.0 Å². The molecule has 0 fully saturated rings. The van der Waals surface area contributed by atoms with E-state index >= 15 is 0 Å². The Labute approximate surface area is 253 Å². The molecule has 10 nitrogen and oxygen atoms in total. The Morgan fingerprint density at radius 2 is 0.316 bits per heavy atom. The van der Waals surface area contributed by atoms with Gasteiger partial charge >= 0.3 is 0 Å². The summed E-state index contributed by atoms with van der Waals surface area (Å²) in [6.45, 7) is 20.2. The van der Waals surface area contributed by atoms with E-state index in [1.807, 2.05) is 0 Å². The monoisotopic (exact) mass is 652 g/mol. The van der Waals surface area contributed by atoms with Gasteiger partial charge in [-0.25, -0.2) is 0 Å². The van der Waals surface area contributed by atoms with E-state index in [0.717, 1.165) is 0 Å². The molecule has 0 radical (unpaired) electrons. The minimum Gasteiger partial charge on any atom is -0.394 e. The topological polar surface area (TPSA) is 202 Å². The van der Waals surface area contributed by atoms with Gasteiger partial charge in [-0.2, -0.15) is 0 Å². The first-order valence-corrected chi connectivity index (χ1v) is 12.8. The average Bonchev–Trinajstić information content (AvgIpc) is 2.49. The fourth-order valence-electron chi connectivity index (χ4n) is 1.97. The van der Waals surface area contributed by atoms with Gasteiger partial charge in [-0.15, -0.1) is 0 Å². The zero-order valence-corrected chi connectivity index (χ0v) is 27.7. The minimum absolute atomic E-state index is 0. The van der Waals surface area contributed by atoms with Crippen LogP contribution in [0.4, 0.5) is 0 Å². The van der Waals surface area contributed by atoms with E-state index in [0.29, 0.717) is 25.7 Å². The van der Waals surface area contributed by atoms with Crippen molar-refractivity contribution in [2.45, 2.75) is 170 Å². The smallest absolute Gasteiger partial charge is 0.0536 e. The van der Waals surface area contributed by atoms with Crippen molar-refractivity contribution in [3.63, 3.8) is 0 Å². The Morgan fingerprint density at radius 3 is 0.316 bits per heavy atom. The van der Waals surface area contributed by atoms with Crippen LogP contribution in [0.25, 0.3) is 0 Å². The van der Waals surface area contributed by atoms with Gasteiger partial charge in [0, 0.05) is 45.2 Å². The van der Waals surface area contributed by atoms with E-state index in [-0.39, 0.29) is 94.0 Å². The van der Waals surface area contributed by atoms with Crippen LogP contribution in [0.5, 0.6) is 0 Å². The van der Waals surface area contributed by atoms with E-state index in [1.165, 1.54) is 0 Å². The second-order valence-electron chi connectivity index (χ2n) is 9.92. The molecule has 0 bridgehead atoms. The summed E-state index contributed by atoms with van der Waals surface area (Å²) in [4.78, 5) is 0. The molecule has 38 heavy (non-hydrogen) atoms. The van der Waals surface area contributed by atoms with Crippen molar-refractivity contribution in [2.24, 2.45) is 0 Å². The van der Waals surface area contributed by atoms with Crippen molar-refractivity contribution >= 4 is 0 Å². The fourth-order valence-corrected chi connectivity index (χ4v) is 1.97. The van der Waals surface area contributed by atoms with Crippen LogP contribution in [0.1, 0.15) is 109 Å². The molecule has 0 aromatic carbocycles. The van der Waals surface area contributed by atoms with Crippen molar-refractivity contribution in [1.82, 2.24) is 0 Å². The quantitative estimate of drug-likeness (QED) is 0.170. The first kappa shape index (κ1) is 58.3. The predicted molar refractivity (Wildman–Crippen MR) is 147 cm³/mol. The van der Waals surface area contributed by atoms with Crippen LogP contribution in [-0.2, 0) is 33.0 Å². The van der Waals surface area contributed by atoms with Gasteiger partial charge < -0.3 is 51.1 Å². The molecule has 8 unspecified atom stereocenters. The van der Waals surface area contributed by atoms with Gasteiger partial charge in [-0.3, -0.25) is 0 Å². The molecule has 0 spiro atoms. The average molecular weight is 654 g/mol. The van der Waals surface area contributed by atoms with E-state index in [4.69, 9.17) is 51.1 Å². The molecule has 12 heteroatoms. The third kappa shape index (κ3) is 168. The van der Waals surface area contributed by atoms with Crippen LogP contribution in [0.2, 0.25) is 0 Å². The Balaban J connectivity index is -0.0000000475. The van der Waals surface area contributed by atoms with Crippen molar-refractivity contribution in [3.8, 4) is 0 Å². The van der Waals surface area contributed by atoms with Gasteiger partial charge in [0.05, 0.1) is 48.8 Å². The molecule has 8 atom stereocenters. The summed E-state index contributed by atoms with van der Waals surface area (Å²) in [6, 6.07) is 0. The molecule has 0 rings (SSSR count). The van der Waals surface area contributed by atoms with Crippen molar-refractivity contribution in [3.05, 3.63) is 0 Å². The first-order valence-electron chi connectivity index (χ1n) is 12.8. The molecule has 0 aromatic rings. The van der Waals surface area contributed by atoms with Gasteiger partial charge in [0.25, 0.3) is 0 Å². The van der Waals surface area contributed by atoms with E-state index in [1.54, 1.807) is 83.1 Å². The predicted octanol–water partition coefficient (Wildman–Crippen LogP) is 1.32. The van der Waals surface area contributed by atoms with Crippen molar-refractivity contribution in [1.29, 1.82) is 0 Å². The number of aliphatic hydroxyl groups is 10. The standard InChI is InChI=1S/4C5H12O2.2C3H8O.2Ni/c4*1-4(6)3-5(2)7;2*1-3(2)4;;/h4*4-7H,3H2,1-2H3;2*3-4H,1-2H3;;. The van der Waals surface area contributed by atoms with E-state index < -0.39 is 0 Å². The maximum Gasteiger partial charge on any atom is 0.0536 e. The normalized spacial score (nSPS) is 15.8. The largest absolute Gasteiger partial charge is 0.394 e. The number of hydrogen-bond acceptors (Lipinski definition) is 10. The van der Waals surface area contributed by atoms with E-state index in [9.17, 15) is 0 Å². The van der Waals surface area contributed by atoms with Crippen LogP contribution in [-0.4, -0.2) is 112 Å². The minimum atomic E-state index is -0.375. The van der Waals surface area contributed by atoms with Crippen LogP contribution in [0, 0.1) is 0 Å². The zero-order valence-electron chi connectivity index (χ0n) is 25.7. The molecule has 0 saturated heterocycles. The summed E-state index contributed by atoms with van der Waals surface area (Å²) in [6.07, 6.45) is -1.44. The number of rotatable bonds is 8. The Kier molecular flexibility index (Phi) is 64.5. The summed E-state index contributed by atoms with van der Waals surface area (Å²) >= 11 is 0. The molecule has 0 aliphatic heterocycles. The maximum atomic E-state index is 8.56. The van der Waals surface area contributed by atoms with Gasteiger partial charge in [0.1, 0.15) is 0 Å². The molecular formula is C26H64Ni2O10. The summed E-state index contributed by atoms with van der Waals surface area (Å²) in [7, 11) is 0. The molecule has 0 aromatic heterocycles. The molecular weight excluding hydrogens is 590 g/mol. The molecule has 248 valence electrons. The zero-order chi connectivity index (χ0) is 30.6. The Bertz CT molecular complexity index is 276. The van der Waals surface area contributed by atoms with Crippen molar-refractivity contribution in [2.75, 3.05) is 0 Å². The maximum absolute atomic E-state index is 8.56. The number of aliphatic hydroxyl groups excluding tert-OH is 10. The third-order valence-corrected chi connectivity index (χ3v) is 2.73. The third-order valence-electron chi connectivity index (χ3n) is 2.73. The van der Waals surface area contributed by atoms with Crippen LogP contribution < -0.4 is 0 Å². The van der Waals surface area contributed by atoms with Crippen LogP contribution in [0.3, 0.4) is 0 Å². The van der Waals surface area contributed by atoms with Gasteiger partial charge in [-0.1, -0.05) is 0 Å². The summed E-state index contributed by atoms with van der Waals surface area (Å²) in [5.74, 6) is 0. The number of hydrogen-bond donors (Lipinski definition) is 10. The Hall–Kier alpha value is 0.587. The molecule has 10 N–H and O–H groups in total. The summed E-state index contributed by atoms with van der Waals surface area (Å²) in [5.41, 5.74) is 0. The Morgan fingerprint density at radius 1 is 0.263 bits per heavy atom. The van der Waals surface area contributed by atoms with Gasteiger partial charge in [0.15, 0.2) is 0 Å². The second kappa shape index (κ2) is 42.1. The van der Waals surface area contributed by atoms with Crippen LogP contribution >= 0.6 is 0 Å². The SMILES string of the molecule is CC(C)O.CC(C)O.CC(O)CC(C)O.CC(O)CC(C)O.CC(O)CC(C)O.CC(O)CC(C)O.[Ni].[Ni].